The summed E-state index contributed by atoms with van der Waals surface area (Å²) >= 11 is 1.61. The van der Waals surface area contributed by atoms with Gasteiger partial charge < -0.3 is 5.32 Å². The Bertz CT molecular complexity index is 273. The van der Waals surface area contributed by atoms with E-state index in [1.807, 2.05) is 6.20 Å². The number of piperazine rings is 1. The number of nitrogens with one attached hydrogen (secondary N) is 1. The monoisotopic (exact) mass is 211 g/mol. The van der Waals surface area contributed by atoms with Crippen molar-refractivity contribution in [3.63, 3.8) is 0 Å². The first kappa shape index (κ1) is 10.1. The molecule has 2 rings (SSSR count). The summed E-state index contributed by atoms with van der Waals surface area (Å²) in [6, 6.07) is 3.36. The molecular formula is C10H17N3S. The molecule has 14 heavy (non-hydrogen) atoms. The van der Waals surface area contributed by atoms with Crippen LogP contribution in [-0.2, 0) is 6.54 Å². The fraction of sp³-hybridized carbons (Fsp3) is 0.700. The second-order valence-corrected chi connectivity index (χ2v) is 4.98. The molecule has 0 saturated carbocycles. The van der Waals surface area contributed by atoms with Gasteiger partial charge in [0.1, 0.15) is 0 Å². The van der Waals surface area contributed by atoms with Crippen molar-refractivity contribution >= 4 is 11.5 Å². The van der Waals surface area contributed by atoms with Gasteiger partial charge >= 0.3 is 0 Å². The Morgan fingerprint density at radius 2 is 2.50 bits per heavy atom. The van der Waals surface area contributed by atoms with Crippen LogP contribution >= 0.6 is 11.5 Å². The third kappa shape index (κ3) is 2.32. The van der Waals surface area contributed by atoms with Crippen LogP contribution in [0.4, 0.5) is 0 Å². The minimum atomic E-state index is 0.610. The van der Waals surface area contributed by atoms with Gasteiger partial charge in [0.05, 0.1) is 0 Å². The van der Waals surface area contributed by atoms with E-state index in [1.165, 1.54) is 4.88 Å². The molecule has 0 amide bonds. The molecule has 1 aromatic rings. The summed E-state index contributed by atoms with van der Waals surface area (Å²) in [5.74, 6) is 0. The van der Waals surface area contributed by atoms with Gasteiger partial charge in [0.25, 0.3) is 0 Å². The van der Waals surface area contributed by atoms with Crippen LogP contribution < -0.4 is 5.32 Å². The maximum Gasteiger partial charge on any atom is 0.0410 e. The first-order chi connectivity index (χ1) is 6.75. The maximum absolute atomic E-state index is 4.13. The van der Waals surface area contributed by atoms with E-state index >= 15 is 0 Å². The van der Waals surface area contributed by atoms with Crippen LogP contribution in [0.1, 0.15) is 18.7 Å². The Morgan fingerprint density at radius 3 is 3.21 bits per heavy atom. The molecule has 2 heterocycles. The lowest BCUT2D eigenvalue weighted by atomic mass is 10.1. The van der Waals surface area contributed by atoms with Crippen LogP contribution in [0.3, 0.4) is 0 Å². The van der Waals surface area contributed by atoms with Crippen molar-refractivity contribution < 1.29 is 0 Å². The Labute approximate surface area is 89.3 Å². The van der Waals surface area contributed by atoms with Gasteiger partial charge in [-0.3, -0.25) is 4.90 Å². The minimum Gasteiger partial charge on any atom is -0.311 e. The summed E-state index contributed by atoms with van der Waals surface area (Å²) in [5.41, 5.74) is 0. The lowest BCUT2D eigenvalue weighted by Crippen LogP contribution is -2.53. The van der Waals surface area contributed by atoms with Gasteiger partial charge in [-0.15, -0.1) is 0 Å². The first-order valence-corrected chi connectivity index (χ1v) is 5.90. The fourth-order valence-electron chi connectivity index (χ4n) is 1.84. The summed E-state index contributed by atoms with van der Waals surface area (Å²) in [7, 11) is 0. The quantitative estimate of drug-likeness (QED) is 0.800. The average Bonchev–Trinajstić information content (AvgIpc) is 2.64. The molecule has 1 aliphatic heterocycles. The van der Waals surface area contributed by atoms with Gasteiger partial charge in [-0.1, -0.05) is 0 Å². The van der Waals surface area contributed by atoms with Crippen molar-refractivity contribution in [1.29, 1.82) is 0 Å². The number of hydrogen-bond acceptors (Lipinski definition) is 4. The van der Waals surface area contributed by atoms with Crippen LogP contribution in [0.25, 0.3) is 0 Å². The lowest BCUT2D eigenvalue weighted by molar-refractivity contribution is 0.140. The van der Waals surface area contributed by atoms with Crippen LogP contribution in [0, 0.1) is 0 Å². The van der Waals surface area contributed by atoms with E-state index in [0.29, 0.717) is 12.1 Å². The first-order valence-electron chi connectivity index (χ1n) is 5.12. The summed E-state index contributed by atoms with van der Waals surface area (Å²) in [4.78, 5) is 3.89. The summed E-state index contributed by atoms with van der Waals surface area (Å²) in [5, 5.41) is 3.49. The molecule has 0 radical (unpaired) electrons. The second kappa shape index (κ2) is 4.38. The fourth-order valence-corrected chi connectivity index (χ4v) is 2.44. The molecule has 1 saturated heterocycles. The summed E-state index contributed by atoms with van der Waals surface area (Å²) in [6.45, 7) is 7.81. The molecule has 1 aliphatic rings. The zero-order valence-electron chi connectivity index (χ0n) is 8.73. The Kier molecular flexibility index (Phi) is 3.15. The SMILES string of the molecule is CC1CN(Cc2ccns2)C(C)CN1. The molecule has 0 aliphatic carbocycles. The number of rotatable bonds is 2. The van der Waals surface area contributed by atoms with Crippen molar-refractivity contribution in [2.45, 2.75) is 32.5 Å². The molecule has 0 bridgehead atoms. The molecule has 0 aromatic carbocycles. The van der Waals surface area contributed by atoms with E-state index in [2.05, 4.69) is 34.5 Å². The number of hydrogen-bond donors (Lipinski definition) is 1. The van der Waals surface area contributed by atoms with E-state index in [9.17, 15) is 0 Å². The van der Waals surface area contributed by atoms with Crippen molar-refractivity contribution in [2.75, 3.05) is 13.1 Å². The summed E-state index contributed by atoms with van der Waals surface area (Å²) in [6.07, 6.45) is 1.89. The third-order valence-corrected chi connectivity index (χ3v) is 3.47. The molecule has 1 N–H and O–H groups in total. The highest BCUT2D eigenvalue weighted by atomic mass is 32.1. The van der Waals surface area contributed by atoms with E-state index in [-0.39, 0.29) is 0 Å². The zero-order chi connectivity index (χ0) is 9.97. The summed E-state index contributed by atoms with van der Waals surface area (Å²) < 4.78 is 4.13. The molecule has 1 aromatic heterocycles. The largest absolute Gasteiger partial charge is 0.311 e. The zero-order valence-corrected chi connectivity index (χ0v) is 9.55. The number of aromatic nitrogens is 1. The molecule has 2 atom stereocenters. The molecule has 4 heteroatoms. The highest BCUT2D eigenvalue weighted by molar-refractivity contribution is 7.05. The van der Waals surface area contributed by atoms with E-state index in [4.69, 9.17) is 0 Å². The Morgan fingerprint density at radius 1 is 1.64 bits per heavy atom. The van der Waals surface area contributed by atoms with Gasteiger partial charge in [0, 0.05) is 42.8 Å². The van der Waals surface area contributed by atoms with Gasteiger partial charge in [-0.2, -0.15) is 0 Å². The second-order valence-electron chi connectivity index (χ2n) is 4.07. The molecular weight excluding hydrogens is 194 g/mol. The highest BCUT2D eigenvalue weighted by Gasteiger charge is 2.22. The Balaban J connectivity index is 1.95. The highest BCUT2D eigenvalue weighted by Crippen LogP contribution is 2.14. The van der Waals surface area contributed by atoms with Gasteiger partial charge in [0.15, 0.2) is 0 Å². The van der Waals surface area contributed by atoms with Crippen molar-refractivity contribution in [2.24, 2.45) is 0 Å². The molecule has 0 spiro atoms. The van der Waals surface area contributed by atoms with Gasteiger partial charge in [0.2, 0.25) is 0 Å². The smallest absolute Gasteiger partial charge is 0.0410 e. The van der Waals surface area contributed by atoms with Crippen molar-refractivity contribution in [3.8, 4) is 0 Å². The average molecular weight is 211 g/mol. The third-order valence-electron chi connectivity index (χ3n) is 2.74. The minimum absolute atomic E-state index is 0.610. The van der Waals surface area contributed by atoms with Crippen LogP contribution in [-0.4, -0.2) is 34.4 Å². The predicted octanol–water partition coefficient (Wildman–Crippen LogP) is 1.33. The van der Waals surface area contributed by atoms with E-state index in [0.717, 1.165) is 19.6 Å². The molecule has 3 nitrogen and oxygen atoms in total. The van der Waals surface area contributed by atoms with Crippen LogP contribution in [0.5, 0.6) is 0 Å². The molecule has 1 fully saturated rings. The molecule has 2 unspecified atom stereocenters. The lowest BCUT2D eigenvalue weighted by Gasteiger charge is -2.37. The van der Waals surface area contributed by atoms with Crippen molar-refractivity contribution in [3.05, 3.63) is 17.1 Å². The maximum atomic E-state index is 4.13. The van der Waals surface area contributed by atoms with Gasteiger partial charge in [-0.25, -0.2) is 4.37 Å². The van der Waals surface area contributed by atoms with Crippen LogP contribution in [0.15, 0.2) is 12.3 Å². The standard InChI is InChI=1S/C10H17N3S/c1-8-6-13(9(2)5-11-8)7-10-3-4-12-14-10/h3-4,8-9,11H,5-7H2,1-2H3. The van der Waals surface area contributed by atoms with E-state index < -0.39 is 0 Å². The number of nitrogens with zero attached hydrogens (tertiary/aromatic N) is 2. The normalized spacial score (nSPS) is 29.3. The predicted molar refractivity (Wildman–Crippen MR) is 59.5 cm³/mol. The van der Waals surface area contributed by atoms with Crippen LogP contribution in [0.2, 0.25) is 0 Å². The van der Waals surface area contributed by atoms with Crippen molar-refractivity contribution in [1.82, 2.24) is 14.6 Å². The Hall–Kier alpha value is -0.450. The van der Waals surface area contributed by atoms with Gasteiger partial charge in [-0.05, 0) is 31.4 Å². The van der Waals surface area contributed by atoms with E-state index in [1.54, 1.807) is 11.5 Å². The molecule has 78 valence electrons. The topological polar surface area (TPSA) is 28.2 Å².